The van der Waals surface area contributed by atoms with E-state index in [9.17, 15) is 4.79 Å². The number of rotatable bonds is 3. The lowest BCUT2D eigenvalue weighted by Crippen LogP contribution is -2.48. The molecule has 126 valence electrons. The predicted octanol–water partition coefficient (Wildman–Crippen LogP) is 0.171. The molecule has 3 fully saturated rings. The summed E-state index contributed by atoms with van der Waals surface area (Å²) in [6.07, 6.45) is 6.80. The fourth-order valence-corrected chi connectivity index (χ4v) is 4.14. The monoisotopic (exact) mass is 320 g/mol. The van der Waals surface area contributed by atoms with Gasteiger partial charge in [0.1, 0.15) is 0 Å². The predicted molar refractivity (Wildman–Crippen MR) is 83.2 cm³/mol. The molecule has 0 aliphatic carbocycles. The van der Waals surface area contributed by atoms with Gasteiger partial charge in [-0.25, -0.2) is 4.98 Å². The molecule has 1 N–H and O–H groups in total. The van der Waals surface area contributed by atoms with Crippen molar-refractivity contribution in [3.8, 4) is 0 Å². The normalized spacial score (nSPS) is 34.5. The van der Waals surface area contributed by atoms with Gasteiger partial charge in [-0.1, -0.05) is 0 Å². The topological polar surface area (TPSA) is 68.6 Å². The Labute approximate surface area is 135 Å². The first-order chi connectivity index (χ1) is 11.2. The summed E-state index contributed by atoms with van der Waals surface area (Å²) in [5, 5.41) is 3.14. The van der Waals surface area contributed by atoms with Gasteiger partial charge in [-0.3, -0.25) is 9.69 Å². The molecular weight excluding hydrogens is 296 g/mol. The minimum atomic E-state index is -0.125. The van der Waals surface area contributed by atoms with E-state index in [0.717, 1.165) is 45.6 Å². The van der Waals surface area contributed by atoms with Crippen molar-refractivity contribution in [3.63, 3.8) is 0 Å². The molecule has 23 heavy (non-hydrogen) atoms. The van der Waals surface area contributed by atoms with Crippen LogP contribution in [0.15, 0.2) is 12.4 Å². The van der Waals surface area contributed by atoms with E-state index in [1.165, 1.54) is 0 Å². The van der Waals surface area contributed by atoms with Crippen molar-refractivity contribution < 1.29 is 14.3 Å². The summed E-state index contributed by atoms with van der Waals surface area (Å²) in [5.74, 6) is 0.319. The summed E-state index contributed by atoms with van der Waals surface area (Å²) >= 11 is 0. The fraction of sp³-hybridized carbons (Fsp3) is 0.750. The SMILES string of the molecule is Cn1ccnc1C(=O)N[C@H]1CN([C@@H]2CCOC2)[C@@H]2CCCO[C@H]12. The lowest BCUT2D eigenvalue weighted by Gasteiger charge is -2.34. The second kappa shape index (κ2) is 6.22. The third kappa shape index (κ3) is 2.77. The van der Waals surface area contributed by atoms with Crippen molar-refractivity contribution in [1.82, 2.24) is 19.8 Å². The number of hydrogen-bond donors (Lipinski definition) is 1. The van der Waals surface area contributed by atoms with E-state index in [1.807, 2.05) is 7.05 Å². The highest BCUT2D eigenvalue weighted by Crippen LogP contribution is 2.32. The van der Waals surface area contributed by atoms with Gasteiger partial charge in [0.2, 0.25) is 0 Å². The van der Waals surface area contributed by atoms with Crippen LogP contribution in [0.2, 0.25) is 0 Å². The van der Waals surface area contributed by atoms with Crippen molar-refractivity contribution in [2.75, 3.05) is 26.4 Å². The molecule has 3 saturated heterocycles. The first-order valence-corrected chi connectivity index (χ1v) is 8.47. The maximum absolute atomic E-state index is 12.5. The molecule has 0 unspecified atom stereocenters. The van der Waals surface area contributed by atoms with Crippen LogP contribution in [0.3, 0.4) is 0 Å². The van der Waals surface area contributed by atoms with Crippen molar-refractivity contribution in [2.45, 2.75) is 43.5 Å². The quantitative estimate of drug-likeness (QED) is 0.860. The Bertz CT molecular complexity index is 569. The molecule has 7 nitrogen and oxygen atoms in total. The van der Waals surface area contributed by atoms with Crippen LogP contribution in [0, 0.1) is 0 Å². The number of nitrogens with zero attached hydrogens (tertiary/aromatic N) is 3. The summed E-state index contributed by atoms with van der Waals surface area (Å²) in [4.78, 5) is 19.1. The minimum absolute atomic E-state index is 0.0186. The number of likely N-dealkylation sites (tertiary alicyclic amines) is 1. The third-order valence-electron chi connectivity index (χ3n) is 5.28. The minimum Gasteiger partial charge on any atom is -0.380 e. The smallest absolute Gasteiger partial charge is 0.287 e. The van der Waals surface area contributed by atoms with Crippen molar-refractivity contribution in [2.24, 2.45) is 7.05 Å². The van der Waals surface area contributed by atoms with Gasteiger partial charge < -0.3 is 19.4 Å². The molecule has 4 rings (SSSR count). The van der Waals surface area contributed by atoms with Gasteiger partial charge in [-0.15, -0.1) is 0 Å². The van der Waals surface area contributed by atoms with Gasteiger partial charge in [-0.2, -0.15) is 0 Å². The van der Waals surface area contributed by atoms with Crippen LogP contribution in [0.4, 0.5) is 0 Å². The number of amides is 1. The van der Waals surface area contributed by atoms with Gasteiger partial charge in [0.15, 0.2) is 5.82 Å². The van der Waals surface area contributed by atoms with Crippen LogP contribution in [-0.4, -0.2) is 71.0 Å². The number of fused-ring (bicyclic) bond motifs is 1. The van der Waals surface area contributed by atoms with Gasteiger partial charge in [0, 0.05) is 51.3 Å². The Hall–Kier alpha value is -1.44. The zero-order valence-electron chi connectivity index (χ0n) is 13.5. The van der Waals surface area contributed by atoms with Gasteiger partial charge >= 0.3 is 0 Å². The van der Waals surface area contributed by atoms with Crippen LogP contribution < -0.4 is 5.32 Å². The average molecular weight is 320 g/mol. The Balaban J connectivity index is 1.49. The first-order valence-electron chi connectivity index (χ1n) is 8.47. The number of hydrogen-bond acceptors (Lipinski definition) is 5. The summed E-state index contributed by atoms with van der Waals surface area (Å²) in [6.45, 7) is 3.25. The lowest BCUT2D eigenvalue weighted by atomic mass is 10.00. The van der Waals surface area contributed by atoms with Gasteiger partial charge in [0.25, 0.3) is 5.91 Å². The van der Waals surface area contributed by atoms with Gasteiger partial charge in [0.05, 0.1) is 18.8 Å². The summed E-state index contributed by atoms with van der Waals surface area (Å²) in [6, 6.07) is 0.867. The molecule has 3 aliphatic heterocycles. The highest BCUT2D eigenvalue weighted by atomic mass is 16.5. The largest absolute Gasteiger partial charge is 0.380 e. The Morgan fingerprint density at radius 3 is 3.04 bits per heavy atom. The molecule has 3 aliphatic rings. The van der Waals surface area contributed by atoms with Crippen LogP contribution in [0.5, 0.6) is 0 Å². The lowest BCUT2D eigenvalue weighted by molar-refractivity contribution is -0.0270. The number of aryl methyl sites for hydroxylation is 1. The molecule has 0 radical (unpaired) electrons. The maximum Gasteiger partial charge on any atom is 0.287 e. The van der Waals surface area contributed by atoms with E-state index in [2.05, 4.69) is 15.2 Å². The van der Waals surface area contributed by atoms with Gasteiger partial charge in [-0.05, 0) is 19.3 Å². The van der Waals surface area contributed by atoms with Crippen molar-refractivity contribution >= 4 is 5.91 Å². The summed E-state index contributed by atoms with van der Waals surface area (Å²) in [5.41, 5.74) is 0. The molecule has 4 atom stereocenters. The molecule has 7 heteroatoms. The first kappa shape index (κ1) is 15.1. The standard InChI is InChI=1S/C16H24N4O3/c1-19-6-5-17-15(19)16(21)18-12-9-20(11-4-8-22-10-11)13-3-2-7-23-14(12)13/h5-6,11-14H,2-4,7-10H2,1H3,(H,18,21)/t11-,12+,13-,14-/m1/s1. The highest BCUT2D eigenvalue weighted by Gasteiger charge is 2.47. The third-order valence-corrected chi connectivity index (χ3v) is 5.28. The van der Waals surface area contributed by atoms with E-state index < -0.39 is 0 Å². The summed E-state index contributed by atoms with van der Waals surface area (Å²) in [7, 11) is 1.83. The highest BCUT2D eigenvalue weighted by molar-refractivity contribution is 5.91. The fourth-order valence-electron chi connectivity index (χ4n) is 4.14. The number of carbonyl (C=O) groups excluding carboxylic acids is 1. The number of ether oxygens (including phenoxy) is 2. The van der Waals surface area contributed by atoms with E-state index in [4.69, 9.17) is 9.47 Å². The zero-order valence-corrected chi connectivity index (χ0v) is 13.5. The van der Waals surface area contributed by atoms with Crippen molar-refractivity contribution in [1.29, 1.82) is 0 Å². The Kier molecular flexibility index (Phi) is 4.09. The molecular formula is C16H24N4O3. The molecule has 1 amide bonds. The van der Waals surface area contributed by atoms with E-state index in [1.54, 1.807) is 17.0 Å². The number of aromatic nitrogens is 2. The van der Waals surface area contributed by atoms with Crippen LogP contribution in [-0.2, 0) is 16.5 Å². The zero-order chi connectivity index (χ0) is 15.8. The van der Waals surface area contributed by atoms with E-state index >= 15 is 0 Å². The van der Waals surface area contributed by atoms with Crippen LogP contribution >= 0.6 is 0 Å². The molecule has 4 heterocycles. The molecule has 1 aromatic heterocycles. The second-order valence-corrected chi connectivity index (χ2v) is 6.70. The Morgan fingerprint density at radius 2 is 2.30 bits per heavy atom. The summed E-state index contributed by atoms with van der Waals surface area (Å²) < 4.78 is 13.3. The number of imidazole rings is 1. The van der Waals surface area contributed by atoms with E-state index in [0.29, 0.717) is 17.9 Å². The van der Waals surface area contributed by atoms with Crippen molar-refractivity contribution in [3.05, 3.63) is 18.2 Å². The van der Waals surface area contributed by atoms with Crippen LogP contribution in [0.25, 0.3) is 0 Å². The molecule has 0 aromatic carbocycles. The average Bonchev–Trinajstić information content (AvgIpc) is 3.27. The molecule has 1 aromatic rings. The Morgan fingerprint density at radius 1 is 1.39 bits per heavy atom. The molecule has 0 bridgehead atoms. The number of carbonyl (C=O) groups is 1. The van der Waals surface area contributed by atoms with Crippen LogP contribution in [0.1, 0.15) is 29.9 Å². The molecule has 0 spiro atoms. The molecule has 0 saturated carbocycles. The maximum atomic E-state index is 12.5. The van der Waals surface area contributed by atoms with E-state index in [-0.39, 0.29) is 18.1 Å². The second-order valence-electron chi connectivity index (χ2n) is 6.70. The number of nitrogens with one attached hydrogen (secondary N) is 1.